The Morgan fingerprint density at radius 2 is 2.26 bits per heavy atom. The Morgan fingerprint density at radius 1 is 1.42 bits per heavy atom. The maximum atomic E-state index is 11.3. The first-order valence-corrected chi connectivity index (χ1v) is 6.07. The Morgan fingerprint density at radius 3 is 2.95 bits per heavy atom. The molecule has 19 heavy (non-hydrogen) atoms. The number of aromatic nitrogens is 1. The molecule has 0 saturated heterocycles. The largest absolute Gasteiger partial charge is 0.481 e. The van der Waals surface area contributed by atoms with Crippen LogP contribution in [0.3, 0.4) is 0 Å². The minimum atomic E-state index is -0.430. The van der Waals surface area contributed by atoms with E-state index in [1.165, 1.54) is 6.20 Å². The van der Waals surface area contributed by atoms with Gasteiger partial charge in [0.1, 0.15) is 5.75 Å². The normalized spacial score (nSPS) is 10.2. The van der Waals surface area contributed by atoms with Crippen molar-refractivity contribution in [2.75, 3.05) is 13.2 Å². The van der Waals surface area contributed by atoms with E-state index in [0.717, 1.165) is 0 Å². The lowest BCUT2D eigenvalue weighted by molar-refractivity contribution is -0.145. The molecule has 2 rings (SSSR count). The number of rotatable bonds is 5. The fourth-order valence-corrected chi connectivity index (χ4v) is 1.69. The van der Waals surface area contributed by atoms with Crippen molar-refractivity contribution in [1.29, 1.82) is 0 Å². The average Bonchev–Trinajstić information content (AvgIpc) is 2.91. The molecule has 100 valence electrons. The molecular weight excluding hydrogens is 270 g/mol. The molecule has 6 heteroatoms. The van der Waals surface area contributed by atoms with Gasteiger partial charge in [-0.3, -0.25) is 0 Å². The zero-order chi connectivity index (χ0) is 13.7. The van der Waals surface area contributed by atoms with Crippen LogP contribution in [0.25, 0.3) is 11.3 Å². The molecule has 0 saturated carbocycles. The van der Waals surface area contributed by atoms with Crippen LogP contribution in [0.4, 0.5) is 0 Å². The molecule has 0 spiro atoms. The number of halogens is 1. The highest BCUT2D eigenvalue weighted by molar-refractivity contribution is 6.30. The van der Waals surface area contributed by atoms with Gasteiger partial charge in [-0.25, -0.2) is 4.79 Å². The molecule has 1 aromatic carbocycles. The number of carbonyl (C=O) groups is 1. The zero-order valence-corrected chi connectivity index (χ0v) is 11.0. The maximum Gasteiger partial charge on any atom is 0.344 e. The summed E-state index contributed by atoms with van der Waals surface area (Å²) in [5.41, 5.74) is 0.634. The molecule has 0 N–H and O–H groups in total. The van der Waals surface area contributed by atoms with Gasteiger partial charge in [-0.1, -0.05) is 16.8 Å². The van der Waals surface area contributed by atoms with Gasteiger partial charge >= 0.3 is 5.97 Å². The first kappa shape index (κ1) is 13.4. The Labute approximate surface area is 115 Å². The van der Waals surface area contributed by atoms with Gasteiger partial charge in [-0.15, -0.1) is 0 Å². The molecule has 0 atom stereocenters. The maximum absolute atomic E-state index is 11.3. The van der Waals surface area contributed by atoms with Crippen LogP contribution in [0, 0.1) is 0 Å². The van der Waals surface area contributed by atoms with Crippen molar-refractivity contribution in [2.45, 2.75) is 6.92 Å². The van der Waals surface area contributed by atoms with Gasteiger partial charge in [0.25, 0.3) is 0 Å². The SMILES string of the molecule is CCOC(=O)COc1ccc(Cl)cc1-c1ccno1. The second-order valence-corrected chi connectivity index (χ2v) is 4.05. The molecule has 1 heterocycles. The second kappa shape index (κ2) is 6.24. The van der Waals surface area contributed by atoms with E-state index in [1.807, 2.05) is 0 Å². The molecular formula is C13H12ClNO4. The summed E-state index contributed by atoms with van der Waals surface area (Å²) in [5, 5.41) is 4.17. The van der Waals surface area contributed by atoms with Crippen molar-refractivity contribution in [3.63, 3.8) is 0 Å². The summed E-state index contributed by atoms with van der Waals surface area (Å²) in [6.45, 7) is 1.88. The van der Waals surface area contributed by atoms with Crippen LogP contribution in [0.2, 0.25) is 5.02 Å². The summed E-state index contributed by atoms with van der Waals surface area (Å²) in [4.78, 5) is 11.3. The number of benzene rings is 1. The highest BCUT2D eigenvalue weighted by atomic mass is 35.5. The summed E-state index contributed by atoms with van der Waals surface area (Å²) >= 11 is 5.94. The summed E-state index contributed by atoms with van der Waals surface area (Å²) in [6, 6.07) is 6.70. The third-order valence-corrected chi connectivity index (χ3v) is 2.53. The number of hydrogen-bond donors (Lipinski definition) is 0. The standard InChI is InChI=1S/C13H12ClNO4/c1-2-17-13(16)8-18-11-4-3-9(14)7-10(11)12-5-6-15-19-12/h3-7H,2,8H2,1H3. The van der Waals surface area contributed by atoms with Crippen molar-refractivity contribution in [1.82, 2.24) is 5.16 Å². The molecule has 0 unspecified atom stereocenters. The predicted octanol–water partition coefficient (Wildman–Crippen LogP) is 2.94. The van der Waals surface area contributed by atoms with Crippen LogP contribution in [-0.4, -0.2) is 24.3 Å². The molecule has 0 aliphatic heterocycles. The molecule has 1 aromatic heterocycles. The van der Waals surface area contributed by atoms with E-state index in [9.17, 15) is 4.79 Å². The number of nitrogens with zero attached hydrogens (tertiary/aromatic N) is 1. The van der Waals surface area contributed by atoms with E-state index in [1.54, 1.807) is 31.2 Å². The minimum Gasteiger partial charge on any atom is -0.481 e. The van der Waals surface area contributed by atoms with Gasteiger partial charge in [0.2, 0.25) is 0 Å². The fraction of sp³-hybridized carbons (Fsp3) is 0.231. The van der Waals surface area contributed by atoms with Crippen molar-refractivity contribution in [2.24, 2.45) is 0 Å². The first-order valence-electron chi connectivity index (χ1n) is 5.69. The second-order valence-electron chi connectivity index (χ2n) is 3.61. The number of hydrogen-bond acceptors (Lipinski definition) is 5. The summed E-state index contributed by atoms with van der Waals surface area (Å²) in [5.74, 6) is 0.566. The van der Waals surface area contributed by atoms with Gasteiger partial charge in [-0.2, -0.15) is 0 Å². The number of carbonyl (C=O) groups excluding carboxylic acids is 1. The molecule has 0 aliphatic carbocycles. The third kappa shape index (κ3) is 3.48. The van der Waals surface area contributed by atoms with Crippen molar-refractivity contribution in [3.8, 4) is 17.1 Å². The average molecular weight is 282 g/mol. The quantitative estimate of drug-likeness (QED) is 0.789. The van der Waals surface area contributed by atoms with Gasteiger partial charge in [0.05, 0.1) is 18.4 Å². The molecule has 0 fully saturated rings. The fourth-order valence-electron chi connectivity index (χ4n) is 1.51. The Bertz CT molecular complexity index is 554. The van der Waals surface area contributed by atoms with Crippen LogP contribution in [0.5, 0.6) is 5.75 Å². The zero-order valence-electron chi connectivity index (χ0n) is 10.3. The first-order chi connectivity index (χ1) is 9.20. The molecule has 0 aliphatic rings. The van der Waals surface area contributed by atoms with Crippen molar-refractivity contribution in [3.05, 3.63) is 35.5 Å². The smallest absolute Gasteiger partial charge is 0.344 e. The lowest BCUT2D eigenvalue weighted by Gasteiger charge is -2.09. The van der Waals surface area contributed by atoms with E-state index in [2.05, 4.69) is 5.16 Å². The monoisotopic (exact) mass is 281 g/mol. The minimum absolute atomic E-state index is 0.170. The highest BCUT2D eigenvalue weighted by Crippen LogP contribution is 2.32. The molecule has 0 radical (unpaired) electrons. The van der Waals surface area contributed by atoms with E-state index in [4.69, 9.17) is 25.6 Å². The third-order valence-electron chi connectivity index (χ3n) is 2.30. The van der Waals surface area contributed by atoms with E-state index >= 15 is 0 Å². The van der Waals surface area contributed by atoms with E-state index < -0.39 is 5.97 Å². The van der Waals surface area contributed by atoms with Gasteiger partial charge < -0.3 is 14.0 Å². The molecule has 5 nitrogen and oxygen atoms in total. The van der Waals surface area contributed by atoms with Crippen LogP contribution in [0.1, 0.15) is 6.92 Å². The molecule has 0 amide bonds. The topological polar surface area (TPSA) is 61.6 Å². The lowest BCUT2D eigenvalue weighted by atomic mass is 10.1. The van der Waals surface area contributed by atoms with Crippen LogP contribution < -0.4 is 4.74 Å². The highest BCUT2D eigenvalue weighted by Gasteiger charge is 2.12. The van der Waals surface area contributed by atoms with Crippen LogP contribution >= 0.6 is 11.6 Å². The van der Waals surface area contributed by atoms with E-state index in [-0.39, 0.29) is 6.61 Å². The molecule has 2 aromatic rings. The predicted molar refractivity (Wildman–Crippen MR) is 69.1 cm³/mol. The summed E-state index contributed by atoms with van der Waals surface area (Å²) in [7, 11) is 0. The number of ether oxygens (including phenoxy) is 2. The van der Waals surface area contributed by atoms with Gasteiger partial charge in [0.15, 0.2) is 12.4 Å². The van der Waals surface area contributed by atoms with Crippen molar-refractivity contribution >= 4 is 17.6 Å². The van der Waals surface area contributed by atoms with Gasteiger partial charge in [-0.05, 0) is 25.1 Å². The Kier molecular flexibility index (Phi) is 4.41. The van der Waals surface area contributed by atoms with Crippen LogP contribution in [0.15, 0.2) is 35.0 Å². The number of esters is 1. The summed E-state index contributed by atoms with van der Waals surface area (Å²) in [6.07, 6.45) is 1.52. The molecule has 0 bridgehead atoms. The summed E-state index contributed by atoms with van der Waals surface area (Å²) < 4.78 is 15.3. The van der Waals surface area contributed by atoms with Crippen molar-refractivity contribution < 1.29 is 18.8 Å². The van der Waals surface area contributed by atoms with Gasteiger partial charge in [0, 0.05) is 11.1 Å². The Hall–Kier alpha value is -2.01. The van der Waals surface area contributed by atoms with Crippen LogP contribution in [-0.2, 0) is 9.53 Å². The Balaban J connectivity index is 2.18. The lowest BCUT2D eigenvalue weighted by Crippen LogP contribution is -2.14. The van der Waals surface area contributed by atoms with E-state index in [0.29, 0.717) is 28.7 Å².